The van der Waals surface area contributed by atoms with Crippen LogP contribution in [0.5, 0.6) is 0 Å². The normalized spacial score (nSPS) is 9.44. The molecular weight excluding hydrogens is 118 g/mol. The van der Waals surface area contributed by atoms with Crippen molar-refractivity contribution in [3.05, 3.63) is 6.33 Å². The summed E-state index contributed by atoms with van der Waals surface area (Å²) in [4.78, 5) is 3.76. The summed E-state index contributed by atoms with van der Waals surface area (Å²) in [5.41, 5.74) is 0. The SMILES string of the molecule is CCCNc1ncno1. The van der Waals surface area contributed by atoms with Crippen molar-refractivity contribution >= 4 is 6.01 Å². The van der Waals surface area contributed by atoms with Crippen molar-refractivity contribution in [2.24, 2.45) is 0 Å². The summed E-state index contributed by atoms with van der Waals surface area (Å²) in [7, 11) is 0. The van der Waals surface area contributed by atoms with Crippen molar-refractivity contribution < 1.29 is 4.52 Å². The zero-order chi connectivity index (χ0) is 6.53. The second kappa shape index (κ2) is 3.06. The lowest BCUT2D eigenvalue weighted by Crippen LogP contribution is -1.98. The summed E-state index contributed by atoms with van der Waals surface area (Å²) < 4.78 is 4.66. The minimum Gasteiger partial charge on any atom is -0.338 e. The molecule has 9 heavy (non-hydrogen) atoms. The molecule has 0 saturated heterocycles. The lowest BCUT2D eigenvalue weighted by atomic mass is 10.5. The van der Waals surface area contributed by atoms with E-state index >= 15 is 0 Å². The van der Waals surface area contributed by atoms with Gasteiger partial charge in [0.2, 0.25) is 0 Å². The Morgan fingerprint density at radius 3 is 3.22 bits per heavy atom. The molecule has 0 amide bonds. The third-order valence-electron chi connectivity index (χ3n) is 0.888. The first-order valence-corrected chi connectivity index (χ1v) is 2.94. The van der Waals surface area contributed by atoms with Crippen LogP contribution < -0.4 is 5.32 Å². The molecule has 0 bridgehead atoms. The smallest absolute Gasteiger partial charge is 0.321 e. The van der Waals surface area contributed by atoms with Crippen LogP contribution in [0.4, 0.5) is 6.01 Å². The predicted molar refractivity (Wildman–Crippen MR) is 33.1 cm³/mol. The van der Waals surface area contributed by atoms with Gasteiger partial charge in [0, 0.05) is 6.54 Å². The fourth-order valence-electron chi connectivity index (χ4n) is 0.483. The monoisotopic (exact) mass is 127 g/mol. The average molecular weight is 127 g/mol. The van der Waals surface area contributed by atoms with E-state index in [4.69, 9.17) is 0 Å². The molecule has 1 rings (SSSR count). The van der Waals surface area contributed by atoms with Gasteiger partial charge in [0.1, 0.15) is 0 Å². The molecule has 4 heteroatoms. The van der Waals surface area contributed by atoms with Crippen LogP contribution in [-0.2, 0) is 0 Å². The number of aromatic nitrogens is 2. The molecule has 0 spiro atoms. The molecule has 1 N–H and O–H groups in total. The summed E-state index contributed by atoms with van der Waals surface area (Å²) in [5.74, 6) is 0. The van der Waals surface area contributed by atoms with Crippen molar-refractivity contribution in [1.82, 2.24) is 10.1 Å². The Kier molecular flexibility index (Phi) is 2.06. The highest BCUT2D eigenvalue weighted by Crippen LogP contribution is 1.96. The lowest BCUT2D eigenvalue weighted by Gasteiger charge is -1.93. The first kappa shape index (κ1) is 6.07. The van der Waals surface area contributed by atoms with Crippen molar-refractivity contribution in [2.75, 3.05) is 11.9 Å². The van der Waals surface area contributed by atoms with Gasteiger partial charge in [-0.25, -0.2) is 0 Å². The minimum atomic E-state index is 0.497. The van der Waals surface area contributed by atoms with Gasteiger partial charge in [-0.05, 0) is 6.42 Å². The summed E-state index contributed by atoms with van der Waals surface area (Å²) >= 11 is 0. The Morgan fingerprint density at radius 1 is 1.78 bits per heavy atom. The lowest BCUT2D eigenvalue weighted by molar-refractivity contribution is 0.430. The highest BCUT2D eigenvalue weighted by Gasteiger charge is 1.91. The second-order valence-electron chi connectivity index (χ2n) is 1.67. The molecule has 0 fully saturated rings. The topological polar surface area (TPSA) is 51.0 Å². The number of nitrogens with zero attached hydrogens (tertiary/aromatic N) is 2. The van der Waals surface area contributed by atoms with Gasteiger partial charge < -0.3 is 9.84 Å². The van der Waals surface area contributed by atoms with Crippen LogP contribution in [0.1, 0.15) is 13.3 Å². The van der Waals surface area contributed by atoms with Crippen LogP contribution >= 0.6 is 0 Å². The van der Waals surface area contributed by atoms with E-state index in [9.17, 15) is 0 Å². The molecular formula is C5H9N3O. The van der Waals surface area contributed by atoms with Crippen LogP contribution in [0, 0.1) is 0 Å². The van der Waals surface area contributed by atoms with Gasteiger partial charge in [-0.3, -0.25) is 0 Å². The Bertz CT molecular complexity index is 149. The number of rotatable bonds is 3. The summed E-state index contributed by atoms with van der Waals surface area (Å²) in [6.07, 6.45) is 2.43. The molecule has 1 aromatic rings. The molecule has 1 aromatic heterocycles. The zero-order valence-corrected chi connectivity index (χ0v) is 5.29. The first-order valence-electron chi connectivity index (χ1n) is 2.94. The number of nitrogens with one attached hydrogen (secondary N) is 1. The van der Waals surface area contributed by atoms with Gasteiger partial charge in [-0.2, -0.15) is 4.98 Å². The molecule has 4 nitrogen and oxygen atoms in total. The maximum atomic E-state index is 4.66. The third-order valence-corrected chi connectivity index (χ3v) is 0.888. The molecule has 0 aliphatic heterocycles. The average Bonchev–Trinajstić information content (AvgIpc) is 2.34. The Balaban J connectivity index is 2.30. The number of hydrogen-bond donors (Lipinski definition) is 1. The van der Waals surface area contributed by atoms with E-state index in [2.05, 4.69) is 26.9 Å². The maximum absolute atomic E-state index is 4.66. The zero-order valence-electron chi connectivity index (χ0n) is 5.29. The van der Waals surface area contributed by atoms with Gasteiger partial charge >= 0.3 is 6.01 Å². The van der Waals surface area contributed by atoms with Crippen LogP contribution in [0.3, 0.4) is 0 Å². The Hall–Kier alpha value is -1.06. The molecule has 0 aliphatic rings. The van der Waals surface area contributed by atoms with E-state index in [-0.39, 0.29) is 0 Å². The molecule has 50 valence electrons. The van der Waals surface area contributed by atoms with Crippen LogP contribution in [0.15, 0.2) is 10.9 Å². The second-order valence-corrected chi connectivity index (χ2v) is 1.67. The molecule has 0 radical (unpaired) electrons. The fourth-order valence-corrected chi connectivity index (χ4v) is 0.483. The Labute approximate surface area is 53.3 Å². The van der Waals surface area contributed by atoms with Gasteiger partial charge in [-0.15, -0.1) is 0 Å². The summed E-state index contributed by atoms with van der Waals surface area (Å²) in [5, 5.41) is 6.36. The minimum absolute atomic E-state index is 0.497. The van der Waals surface area contributed by atoms with Gasteiger partial charge in [0.15, 0.2) is 6.33 Å². The fraction of sp³-hybridized carbons (Fsp3) is 0.600. The van der Waals surface area contributed by atoms with E-state index in [0.29, 0.717) is 6.01 Å². The third kappa shape index (κ3) is 1.71. The molecule has 0 aromatic carbocycles. The quantitative estimate of drug-likeness (QED) is 0.655. The van der Waals surface area contributed by atoms with Gasteiger partial charge in [0.05, 0.1) is 0 Å². The van der Waals surface area contributed by atoms with Crippen LogP contribution in [0.25, 0.3) is 0 Å². The standard InChI is InChI=1S/C5H9N3O/c1-2-3-6-5-7-4-8-9-5/h4H,2-3H2,1H3,(H,6,7,8). The number of hydrogen-bond acceptors (Lipinski definition) is 4. The van der Waals surface area contributed by atoms with Crippen molar-refractivity contribution in [2.45, 2.75) is 13.3 Å². The molecule has 0 aliphatic carbocycles. The molecule has 0 saturated carbocycles. The van der Waals surface area contributed by atoms with Crippen molar-refractivity contribution in [3.8, 4) is 0 Å². The van der Waals surface area contributed by atoms with Crippen molar-refractivity contribution in [3.63, 3.8) is 0 Å². The van der Waals surface area contributed by atoms with E-state index < -0.39 is 0 Å². The van der Waals surface area contributed by atoms with Crippen LogP contribution in [-0.4, -0.2) is 16.7 Å². The molecule has 0 unspecified atom stereocenters. The van der Waals surface area contributed by atoms with Gasteiger partial charge in [-0.1, -0.05) is 12.1 Å². The Morgan fingerprint density at radius 2 is 2.67 bits per heavy atom. The van der Waals surface area contributed by atoms with Crippen molar-refractivity contribution in [1.29, 1.82) is 0 Å². The first-order chi connectivity index (χ1) is 4.43. The van der Waals surface area contributed by atoms with E-state index in [1.54, 1.807) is 0 Å². The molecule has 1 heterocycles. The molecule has 0 atom stereocenters. The number of anilines is 1. The largest absolute Gasteiger partial charge is 0.338 e. The van der Waals surface area contributed by atoms with Crippen LogP contribution in [0.2, 0.25) is 0 Å². The highest BCUT2D eigenvalue weighted by molar-refractivity contribution is 5.14. The van der Waals surface area contributed by atoms with E-state index in [1.165, 1.54) is 6.33 Å². The van der Waals surface area contributed by atoms with E-state index in [1.807, 2.05) is 0 Å². The maximum Gasteiger partial charge on any atom is 0.321 e. The van der Waals surface area contributed by atoms with E-state index in [0.717, 1.165) is 13.0 Å². The van der Waals surface area contributed by atoms with Gasteiger partial charge in [0.25, 0.3) is 0 Å². The summed E-state index contributed by atoms with van der Waals surface area (Å²) in [6, 6.07) is 0.497. The predicted octanol–water partition coefficient (Wildman–Crippen LogP) is 0.891. The highest BCUT2D eigenvalue weighted by atomic mass is 16.5. The summed E-state index contributed by atoms with van der Waals surface area (Å²) in [6.45, 7) is 2.95.